The molecule has 6 heteroatoms. The van der Waals surface area contributed by atoms with Crippen LogP contribution in [0.4, 0.5) is 9.18 Å². The molecule has 5 nitrogen and oxygen atoms in total. The van der Waals surface area contributed by atoms with Crippen LogP contribution in [-0.4, -0.2) is 36.0 Å². The Morgan fingerprint density at radius 2 is 1.71 bits per heavy atom. The first kappa shape index (κ1) is 24.2. The van der Waals surface area contributed by atoms with Gasteiger partial charge >= 0.3 is 6.16 Å². The summed E-state index contributed by atoms with van der Waals surface area (Å²) in [6, 6.07) is 21.1. The first-order chi connectivity index (χ1) is 16.2. The van der Waals surface area contributed by atoms with E-state index in [4.69, 9.17) is 14.3 Å². The van der Waals surface area contributed by atoms with Crippen LogP contribution in [-0.2, 0) is 20.9 Å². The number of halogens is 1. The van der Waals surface area contributed by atoms with Gasteiger partial charge in [-0.2, -0.15) is 0 Å². The van der Waals surface area contributed by atoms with Crippen molar-refractivity contribution in [2.75, 3.05) is 13.1 Å². The van der Waals surface area contributed by atoms with Crippen molar-refractivity contribution >= 4 is 16.9 Å². The molecular weight excluding hydrogens is 433 g/mol. The third kappa shape index (κ3) is 6.13. The Morgan fingerprint density at radius 3 is 2.41 bits per heavy atom. The second-order valence-corrected chi connectivity index (χ2v) is 9.99. The standard InChI is InChI=1S/C28H32FNO4/c1-19-16-30(34-27(31)33-28(2,3)4)17-25(26(19)22-11-13-24(29)14-12-22)32-18-20-9-10-21-7-5-6-8-23(21)15-20/h5-15,19,25-26H,16-18H2,1-4H3. The van der Waals surface area contributed by atoms with E-state index in [9.17, 15) is 9.18 Å². The SMILES string of the molecule is CC1CN(OC(=O)OC(C)(C)C)CC(OCc2ccc3ccccc3c2)C1c1ccc(F)cc1. The van der Waals surface area contributed by atoms with Crippen LogP contribution in [0.2, 0.25) is 0 Å². The number of piperidine rings is 1. The zero-order chi connectivity index (χ0) is 24.3. The second kappa shape index (κ2) is 10.1. The maximum atomic E-state index is 13.6. The summed E-state index contributed by atoms with van der Waals surface area (Å²) in [5, 5.41) is 3.95. The molecule has 0 amide bonds. The molecule has 3 aromatic rings. The van der Waals surface area contributed by atoms with Crippen LogP contribution in [0.5, 0.6) is 0 Å². The summed E-state index contributed by atoms with van der Waals surface area (Å²) in [5.41, 5.74) is 1.44. The minimum absolute atomic E-state index is 0.0274. The number of benzene rings is 3. The van der Waals surface area contributed by atoms with Gasteiger partial charge < -0.3 is 14.3 Å². The van der Waals surface area contributed by atoms with Gasteiger partial charge in [0, 0.05) is 12.5 Å². The predicted octanol–water partition coefficient (Wildman–Crippen LogP) is 6.47. The molecule has 0 saturated carbocycles. The average Bonchev–Trinajstić information content (AvgIpc) is 2.77. The van der Waals surface area contributed by atoms with Gasteiger partial charge in [-0.05, 0) is 66.8 Å². The van der Waals surface area contributed by atoms with Gasteiger partial charge in [-0.3, -0.25) is 0 Å². The van der Waals surface area contributed by atoms with Crippen LogP contribution < -0.4 is 0 Å². The number of hydrogen-bond acceptors (Lipinski definition) is 5. The van der Waals surface area contributed by atoms with Crippen molar-refractivity contribution in [2.24, 2.45) is 5.92 Å². The normalized spacial score (nSPS) is 21.4. The van der Waals surface area contributed by atoms with Crippen LogP contribution in [0.1, 0.15) is 44.7 Å². The zero-order valence-electron chi connectivity index (χ0n) is 20.2. The first-order valence-corrected chi connectivity index (χ1v) is 11.7. The topological polar surface area (TPSA) is 48.0 Å². The molecule has 1 heterocycles. The quantitative estimate of drug-likeness (QED) is 0.404. The highest BCUT2D eigenvalue weighted by Crippen LogP contribution is 2.36. The highest BCUT2D eigenvalue weighted by Gasteiger charge is 2.38. The van der Waals surface area contributed by atoms with E-state index < -0.39 is 11.8 Å². The molecule has 0 spiro atoms. The molecule has 3 unspecified atom stereocenters. The van der Waals surface area contributed by atoms with Crippen molar-refractivity contribution in [1.29, 1.82) is 0 Å². The lowest BCUT2D eigenvalue weighted by atomic mass is 9.80. The summed E-state index contributed by atoms with van der Waals surface area (Å²) in [5.74, 6) is -0.140. The Labute approximate surface area is 200 Å². The average molecular weight is 466 g/mol. The summed E-state index contributed by atoms with van der Waals surface area (Å²) in [6.07, 6.45) is -0.990. The molecule has 4 rings (SSSR count). The lowest BCUT2D eigenvalue weighted by Gasteiger charge is -2.41. The molecule has 0 aromatic heterocycles. The van der Waals surface area contributed by atoms with E-state index in [0.717, 1.165) is 16.5 Å². The molecule has 180 valence electrons. The molecule has 34 heavy (non-hydrogen) atoms. The van der Waals surface area contributed by atoms with Crippen LogP contribution in [0.3, 0.4) is 0 Å². The third-order valence-corrected chi connectivity index (χ3v) is 6.01. The van der Waals surface area contributed by atoms with Crippen molar-refractivity contribution in [3.63, 3.8) is 0 Å². The van der Waals surface area contributed by atoms with Crippen molar-refractivity contribution in [3.05, 3.63) is 83.7 Å². The first-order valence-electron chi connectivity index (χ1n) is 11.7. The van der Waals surface area contributed by atoms with Crippen LogP contribution >= 0.6 is 0 Å². The van der Waals surface area contributed by atoms with Gasteiger partial charge in [0.05, 0.1) is 19.3 Å². The molecule has 0 bridgehead atoms. The van der Waals surface area contributed by atoms with E-state index in [1.807, 2.05) is 24.3 Å². The second-order valence-electron chi connectivity index (χ2n) is 9.99. The number of rotatable bonds is 5. The van der Waals surface area contributed by atoms with Gasteiger partial charge in [-0.15, -0.1) is 5.06 Å². The van der Waals surface area contributed by atoms with Crippen molar-refractivity contribution in [3.8, 4) is 0 Å². The van der Waals surface area contributed by atoms with E-state index in [0.29, 0.717) is 19.7 Å². The number of hydrogen-bond donors (Lipinski definition) is 0. The molecule has 3 atom stereocenters. The van der Waals surface area contributed by atoms with Crippen molar-refractivity contribution in [1.82, 2.24) is 5.06 Å². The van der Waals surface area contributed by atoms with Gasteiger partial charge in [0.1, 0.15) is 11.4 Å². The lowest BCUT2D eigenvalue weighted by Crippen LogP contribution is -2.49. The summed E-state index contributed by atoms with van der Waals surface area (Å²) in [7, 11) is 0. The number of carbonyl (C=O) groups is 1. The molecule has 1 aliphatic heterocycles. The molecule has 1 saturated heterocycles. The summed E-state index contributed by atoms with van der Waals surface area (Å²) < 4.78 is 25.3. The smallest absolute Gasteiger partial charge is 0.427 e. The van der Waals surface area contributed by atoms with Gasteiger partial charge in [-0.1, -0.05) is 55.5 Å². The molecule has 0 aliphatic carbocycles. The number of hydroxylamine groups is 2. The summed E-state index contributed by atoms with van der Waals surface area (Å²) in [4.78, 5) is 17.8. The van der Waals surface area contributed by atoms with Crippen molar-refractivity contribution < 1.29 is 23.5 Å². The lowest BCUT2D eigenvalue weighted by molar-refractivity contribution is -0.189. The van der Waals surface area contributed by atoms with E-state index in [2.05, 4.69) is 37.3 Å². The molecule has 1 aliphatic rings. The monoisotopic (exact) mass is 465 g/mol. The summed E-state index contributed by atoms with van der Waals surface area (Å²) in [6.45, 7) is 8.81. The van der Waals surface area contributed by atoms with E-state index in [-0.39, 0.29) is 23.8 Å². The minimum atomic E-state index is -0.729. The molecule has 1 fully saturated rings. The van der Waals surface area contributed by atoms with Crippen LogP contribution in [0.25, 0.3) is 10.8 Å². The Hall–Kier alpha value is -2.96. The van der Waals surface area contributed by atoms with Gasteiger partial charge in [0.25, 0.3) is 0 Å². The molecule has 3 aromatic carbocycles. The van der Waals surface area contributed by atoms with Gasteiger partial charge in [0.2, 0.25) is 0 Å². The number of ether oxygens (including phenoxy) is 2. The maximum Gasteiger partial charge on any atom is 0.528 e. The number of carbonyl (C=O) groups excluding carboxylic acids is 1. The fourth-order valence-electron chi connectivity index (χ4n) is 4.55. The highest BCUT2D eigenvalue weighted by atomic mass is 19.1. The van der Waals surface area contributed by atoms with Crippen LogP contribution in [0.15, 0.2) is 66.7 Å². The van der Waals surface area contributed by atoms with E-state index >= 15 is 0 Å². The summed E-state index contributed by atoms with van der Waals surface area (Å²) >= 11 is 0. The van der Waals surface area contributed by atoms with Crippen molar-refractivity contribution in [2.45, 2.75) is 51.9 Å². The van der Waals surface area contributed by atoms with E-state index in [1.165, 1.54) is 17.5 Å². The Kier molecular flexibility index (Phi) is 7.19. The number of fused-ring (bicyclic) bond motifs is 1. The predicted molar refractivity (Wildman–Crippen MR) is 130 cm³/mol. The molecule has 0 radical (unpaired) electrons. The fourth-order valence-corrected chi connectivity index (χ4v) is 4.55. The number of nitrogens with zero attached hydrogens (tertiary/aromatic N) is 1. The Bertz CT molecular complexity index is 1130. The maximum absolute atomic E-state index is 13.6. The zero-order valence-corrected chi connectivity index (χ0v) is 20.2. The highest BCUT2D eigenvalue weighted by molar-refractivity contribution is 5.82. The van der Waals surface area contributed by atoms with Gasteiger partial charge in [-0.25, -0.2) is 9.18 Å². The largest absolute Gasteiger partial charge is 0.528 e. The fraction of sp³-hybridized carbons (Fsp3) is 0.393. The Balaban J connectivity index is 1.52. The Morgan fingerprint density at radius 1 is 1.00 bits per heavy atom. The van der Waals surface area contributed by atoms with E-state index in [1.54, 1.807) is 25.8 Å². The minimum Gasteiger partial charge on any atom is -0.427 e. The molecule has 0 N–H and O–H groups in total. The van der Waals surface area contributed by atoms with Gasteiger partial charge in [0.15, 0.2) is 0 Å². The third-order valence-electron chi connectivity index (χ3n) is 6.01. The van der Waals surface area contributed by atoms with Crippen LogP contribution in [0, 0.1) is 11.7 Å². The molecular formula is C28H32FNO4.